The fourth-order valence-electron chi connectivity index (χ4n) is 2.83. The molecule has 3 rings (SSSR count). The lowest BCUT2D eigenvalue weighted by Gasteiger charge is -2.23. The maximum absolute atomic E-state index is 12.6. The van der Waals surface area contributed by atoms with Gasteiger partial charge in [-0.1, -0.05) is 35.5 Å². The van der Waals surface area contributed by atoms with Gasteiger partial charge in [0, 0.05) is 24.0 Å². The predicted octanol–water partition coefficient (Wildman–Crippen LogP) is 3.11. The topological polar surface area (TPSA) is 58.1 Å². The zero-order chi connectivity index (χ0) is 16.9. The Bertz CT molecular complexity index is 710. The normalized spacial score (nSPS) is 17.2. The van der Waals surface area contributed by atoms with Gasteiger partial charge < -0.3 is 10.2 Å². The summed E-state index contributed by atoms with van der Waals surface area (Å²) < 4.78 is 0. The second-order valence-electron chi connectivity index (χ2n) is 5.64. The van der Waals surface area contributed by atoms with Gasteiger partial charge in [-0.25, -0.2) is 0 Å². The summed E-state index contributed by atoms with van der Waals surface area (Å²) in [4.78, 5) is 15.4. The van der Waals surface area contributed by atoms with E-state index in [1.54, 1.807) is 6.07 Å². The summed E-state index contributed by atoms with van der Waals surface area (Å²) in [5, 5.41) is 12.8. The molecule has 1 unspecified atom stereocenters. The van der Waals surface area contributed by atoms with Crippen LogP contribution in [0.5, 0.6) is 0 Å². The van der Waals surface area contributed by atoms with Crippen molar-refractivity contribution < 1.29 is 4.79 Å². The molecule has 0 saturated carbocycles. The molecule has 2 heterocycles. The molecular formula is C17H19ClN4OS. The van der Waals surface area contributed by atoms with Crippen molar-refractivity contribution >= 4 is 29.3 Å². The molecule has 1 aromatic carbocycles. The molecule has 2 aromatic rings. The molecule has 24 heavy (non-hydrogen) atoms. The fourth-order valence-corrected chi connectivity index (χ4v) is 3.83. The number of carbonyl (C=O) groups is 1. The number of likely N-dealkylation sites (tertiary alicyclic amines) is 1. The van der Waals surface area contributed by atoms with Crippen LogP contribution in [-0.2, 0) is 0 Å². The van der Waals surface area contributed by atoms with Crippen LogP contribution in [0.25, 0.3) is 0 Å². The Morgan fingerprint density at radius 2 is 2.17 bits per heavy atom. The molecule has 1 aromatic heterocycles. The quantitative estimate of drug-likeness (QED) is 0.885. The number of hydrogen-bond acceptors (Lipinski definition) is 5. The second kappa shape index (κ2) is 7.96. The van der Waals surface area contributed by atoms with Gasteiger partial charge in [-0.05, 0) is 44.2 Å². The monoisotopic (exact) mass is 362 g/mol. The smallest absolute Gasteiger partial charge is 0.274 e. The van der Waals surface area contributed by atoms with Gasteiger partial charge in [0.15, 0.2) is 5.69 Å². The van der Waals surface area contributed by atoms with Gasteiger partial charge in [-0.2, -0.15) is 0 Å². The SMILES string of the molecule is CNCC1CCCN1C(=O)c1ccc(Sc2ccccc2Cl)nn1. The molecule has 126 valence electrons. The lowest BCUT2D eigenvalue weighted by atomic mass is 10.2. The van der Waals surface area contributed by atoms with Crippen LogP contribution in [0.1, 0.15) is 23.3 Å². The van der Waals surface area contributed by atoms with Gasteiger partial charge in [0.05, 0.1) is 5.02 Å². The van der Waals surface area contributed by atoms with Crippen molar-refractivity contribution in [2.45, 2.75) is 28.8 Å². The van der Waals surface area contributed by atoms with Crippen LogP contribution in [0.3, 0.4) is 0 Å². The number of hydrogen-bond donors (Lipinski definition) is 1. The molecule has 5 nitrogen and oxygen atoms in total. The van der Waals surface area contributed by atoms with E-state index in [4.69, 9.17) is 11.6 Å². The highest BCUT2D eigenvalue weighted by molar-refractivity contribution is 7.99. The molecule has 0 spiro atoms. The maximum atomic E-state index is 12.6. The van der Waals surface area contributed by atoms with Gasteiger partial charge in [-0.3, -0.25) is 4.79 Å². The highest BCUT2D eigenvalue weighted by atomic mass is 35.5. The van der Waals surface area contributed by atoms with E-state index >= 15 is 0 Å². The lowest BCUT2D eigenvalue weighted by Crippen LogP contribution is -2.41. The highest BCUT2D eigenvalue weighted by Gasteiger charge is 2.29. The van der Waals surface area contributed by atoms with E-state index in [-0.39, 0.29) is 11.9 Å². The standard InChI is InChI=1S/C17H19ClN4OS/c1-19-11-12-5-4-10-22(12)17(23)14-8-9-16(21-20-14)24-15-7-3-2-6-13(15)18/h2-3,6-9,12,19H,4-5,10-11H2,1H3. The molecule has 1 fully saturated rings. The number of aromatic nitrogens is 2. The van der Waals surface area contributed by atoms with Crippen molar-refractivity contribution in [3.05, 3.63) is 47.1 Å². The van der Waals surface area contributed by atoms with Gasteiger partial charge in [0.2, 0.25) is 0 Å². The van der Waals surface area contributed by atoms with Crippen molar-refractivity contribution in [3.8, 4) is 0 Å². The summed E-state index contributed by atoms with van der Waals surface area (Å²) in [6, 6.07) is 11.4. The number of halogens is 1. The first-order valence-corrected chi connectivity index (χ1v) is 9.10. The van der Waals surface area contributed by atoms with Crippen LogP contribution in [0.15, 0.2) is 46.3 Å². The zero-order valence-corrected chi connectivity index (χ0v) is 15.0. The third-order valence-corrected chi connectivity index (χ3v) is 5.43. The van der Waals surface area contributed by atoms with E-state index in [1.165, 1.54) is 11.8 Å². The molecule has 1 saturated heterocycles. The Morgan fingerprint density at radius 3 is 2.88 bits per heavy atom. The van der Waals surface area contributed by atoms with Crippen molar-refractivity contribution in [2.75, 3.05) is 20.1 Å². The van der Waals surface area contributed by atoms with Crippen molar-refractivity contribution in [1.29, 1.82) is 0 Å². The lowest BCUT2D eigenvalue weighted by molar-refractivity contribution is 0.0729. The average molecular weight is 363 g/mol. The largest absolute Gasteiger partial charge is 0.333 e. The van der Waals surface area contributed by atoms with Crippen molar-refractivity contribution in [2.24, 2.45) is 0 Å². The zero-order valence-electron chi connectivity index (χ0n) is 13.4. The molecule has 1 amide bonds. The molecular weight excluding hydrogens is 344 g/mol. The van der Waals surface area contributed by atoms with Gasteiger partial charge >= 0.3 is 0 Å². The Balaban J connectivity index is 1.70. The minimum atomic E-state index is -0.0467. The summed E-state index contributed by atoms with van der Waals surface area (Å²) in [7, 11) is 1.90. The average Bonchev–Trinajstić information content (AvgIpc) is 3.06. The minimum absolute atomic E-state index is 0.0467. The van der Waals surface area contributed by atoms with Crippen LogP contribution in [0.4, 0.5) is 0 Å². The molecule has 0 aliphatic carbocycles. The van der Waals surface area contributed by atoms with Gasteiger partial charge in [-0.15, -0.1) is 10.2 Å². The number of nitrogens with zero attached hydrogens (tertiary/aromatic N) is 3. The van der Waals surface area contributed by atoms with Gasteiger partial charge in [0.25, 0.3) is 5.91 Å². The Kier molecular flexibility index (Phi) is 5.71. The number of rotatable bonds is 5. The molecule has 0 bridgehead atoms. The number of amides is 1. The van der Waals surface area contributed by atoms with Crippen molar-refractivity contribution in [3.63, 3.8) is 0 Å². The number of benzene rings is 1. The summed E-state index contributed by atoms with van der Waals surface area (Å²) in [5.41, 5.74) is 0.390. The van der Waals surface area contributed by atoms with E-state index < -0.39 is 0 Å². The Hall–Kier alpha value is -1.63. The fraction of sp³-hybridized carbons (Fsp3) is 0.353. The predicted molar refractivity (Wildman–Crippen MR) is 95.6 cm³/mol. The van der Waals surface area contributed by atoms with Crippen molar-refractivity contribution in [1.82, 2.24) is 20.4 Å². The number of likely N-dealkylation sites (N-methyl/N-ethyl adjacent to an activating group) is 1. The maximum Gasteiger partial charge on any atom is 0.274 e. The van der Waals surface area contributed by atoms with Crippen LogP contribution in [0.2, 0.25) is 5.02 Å². The second-order valence-corrected chi connectivity index (χ2v) is 7.11. The molecule has 1 aliphatic rings. The third kappa shape index (κ3) is 3.88. The van der Waals surface area contributed by atoms with Crippen LogP contribution >= 0.6 is 23.4 Å². The first-order chi connectivity index (χ1) is 11.7. The first kappa shape index (κ1) is 17.2. The molecule has 7 heteroatoms. The summed E-state index contributed by atoms with van der Waals surface area (Å²) >= 11 is 7.59. The van der Waals surface area contributed by atoms with E-state index in [1.807, 2.05) is 42.3 Å². The van der Waals surface area contributed by atoms with Gasteiger partial charge in [0.1, 0.15) is 5.03 Å². The third-order valence-electron chi connectivity index (χ3n) is 3.99. The van der Waals surface area contributed by atoms with Crippen LogP contribution in [0, 0.1) is 0 Å². The van der Waals surface area contributed by atoms with E-state index in [9.17, 15) is 4.79 Å². The van der Waals surface area contributed by atoms with E-state index in [0.29, 0.717) is 15.7 Å². The summed E-state index contributed by atoms with van der Waals surface area (Å²) in [6.45, 7) is 1.59. The molecule has 1 aliphatic heterocycles. The molecule has 0 radical (unpaired) electrons. The summed E-state index contributed by atoms with van der Waals surface area (Å²) in [6.07, 6.45) is 2.06. The van der Waals surface area contributed by atoms with E-state index in [0.717, 1.165) is 30.8 Å². The molecule has 1 atom stereocenters. The number of carbonyl (C=O) groups excluding carboxylic acids is 1. The first-order valence-electron chi connectivity index (χ1n) is 7.90. The molecule has 1 N–H and O–H groups in total. The van der Waals surface area contributed by atoms with E-state index in [2.05, 4.69) is 15.5 Å². The minimum Gasteiger partial charge on any atom is -0.333 e. The Morgan fingerprint density at radius 1 is 1.33 bits per heavy atom. The number of nitrogens with one attached hydrogen (secondary N) is 1. The highest BCUT2D eigenvalue weighted by Crippen LogP contribution is 2.31. The van der Waals surface area contributed by atoms with Crippen LogP contribution in [-0.4, -0.2) is 47.2 Å². The Labute approximate surface area is 150 Å². The van der Waals surface area contributed by atoms with Crippen LogP contribution < -0.4 is 5.32 Å². The summed E-state index contributed by atoms with van der Waals surface area (Å²) in [5.74, 6) is -0.0467.